The number of rotatable bonds is 5. The van der Waals surface area contributed by atoms with Gasteiger partial charge in [-0.1, -0.05) is 12.1 Å². The summed E-state index contributed by atoms with van der Waals surface area (Å²) in [4.78, 5) is 11.9. The van der Waals surface area contributed by atoms with Crippen LogP contribution in [-0.4, -0.2) is 24.7 Å². The minimum Gasteiger partial charge on any atom is -0.378 e. The van der Waals surface area contributed by atoms with Crippen LogP contribution < -0.4 is 5.32 Å². The fourth-order valence-corrected chi connectivity index (χ4v) is 3.15. The van der Waals surface area contributed by atoms with Crippen molar-refractivity contribution in [3.05, 3.63) is 35.6 Å². The highest BCUT2D eigenvalue weighted by atomic mass is 19.1. The van der Waals surface area contributed by atoms with Gasteiger partial charge in [0.15, 0.2) is 0 Å². The summed E-state index contributed by atoms with van der Waals surface area (Å²) in [6, 6.07) is 6.80. The second kappa shape index (κ2) is 5.92. The molecule has 4 heteroatoms. The van der Waals surface area contributed by atoms with Crippen LogP contribution in [0.2, 0.25) is 0 Å². The number of fused-ring (bicyclic) bond motifs is 1. The van der Waals surface area contributed by atoms with Gasteiger partial charge in [-0.15, -0.1) is 0 Å². The average Bonchev–Trinajstić information content (AvgIpc) is 2.80. The van der Waals surface area contributed by atoms with E-state index in [1.54, 1.807) is 12.1 Å². The lowest BCUT2D eigenvalue weighted by atomic mass is 9.76. The van der Waals surface area contributed by atoms with Gasteiger partial charge >= 0.3 is 0 Å². The smallest absolute Gasteiger partial charge is 0.220 e. The molecule has 2 fully saturated rings. The van der Waals surface area contributed by atoms with Gasteiger partial charge < -0.3 is 10.1 Å². The van der Waals surface area contributed by atoms with Gasteiger partial charge in [0.2, 0.25) is 5.91 Å². The Hall–Kier alpha value is -1.42. The second-order valence-electron chi connectivity index (χ2n) is 5.75. The lowest BCUT2D eigenvalue weighted by Crippen LogP contribution is -2.53. The summed E-state index contributed by atoms with van der Waals surface area (Å²) in [6.45, 7) is 0.840. The molecule has 1 aromatic rings. The third-order valence-corrected chi connectivity index (χ3v) is 4.39. The van der Waals surface area contributed by atoms with Gasteiger partial charge in [-0.2, -0.15) is 0 Å². The molecule has 0 aromatic heterocycles. The zero-order valence-electron chi connectivity index (χ0n) is 11.5. The molecule has 20 heavy (non-hydrogen) atoms. The molecule has 1 saturated heterocycles. The van der Waals surface area contributed by atoms with Crippen molar-refractivity contribution in [1.29, 1.82) is 0 Å². The van der Waals surface area contributed by atoms with E-state index in [1.165, 1.54) is 12.1 Å². The summed E-state index contributed by atoms with van der Waals surface area (Å²) in [6.07, 6.45) is 4.58. The average molecular weight is 277 g/mol. The number of hydrogen-bond donors (Lipinski definition) is 1. The van der Waals surface area contributed by atoms with E-state index in [2.05, 4.69) is 5.32 Å². The predicted octanol–water partition coefficient (Wildman–Crippen LogP) is 2.44. The van der Waals surface area contributed by atoms with Crippen molar-refractivity contribution >= 4 is 5.91 Å². The van der Waals surface area contributed by atoms with Gasteiger partial charge in [0.05, 0.1) is 6.10 Å². The Morgan fingerprint density at radius 3 is 2.90 bits per heavy atom. The molecular formula is C16H20FNO2. The van der Waals surface area contributed by atoms with E-state index in [-0.39, 0.29) is 11.7 Å². The van der Waals surface area contributed by atoms with Crippen LogP contribution in [-0.2, 0) is 16.0 Å². The highest BCUT2D eigenvalue weighted by Gasteiger charge is 2.45. The third-order valence-electron chi connectivity index (χ3n) is 4.39. The van der Waals surface area contributed by atoms with Gasteiger partial charge in [-0.05, 0) is 43.4 Å². The molecule has 3 atom stereocenters. The standard InChI is InChI=1S/C16H20FNO2/c17-12-6-4-11(5-7-12)2-1-3-16(19)18-14-10-15-13(14)8-9-20-15/h4-7,13-15H,1-3,8-10H2,(H,18,19)/t13-,14+,15+/m0/s1. The first-order chi connectivity index (χ1) is 9.72. The molecule has 1 saturated carbocycles. The summed E-state index contributed by atoms with van der Waals surface area (Å²) >= 11 is 0. The number of benzene rings is 1. The van der Waals surface area contributed by atoms with Crippen molar-refractivity contribution in [3.63, 3.8) is 0 Å². The van der Waals surface area contributed by atoms with Gasteiger partial charge in [-0.25, -0.2) is 4.39 Å². The summed E-state index contributed by atoms with van der Waals surface area (Å²) in [5.41, 5.74) is 1.08. The molecule has 1 amide bonds. The topological polar surface area (TPSA) is 38.3 Å². The zero-order chi connectivity index (χ0) is 13.9. The predicted molar refractivity (Wildman–Crippen MR) is 73.7 cm³/mol. The summed E-state index contributed by atoms with van der Waals surface area (Å²) < 4.78 is 18.3. The molecular weight excluding hydrogens is 257 g/mol. The number of amides is 1. The molecule has 1 aliphatic carbocycles. The summed E-state index contributed by atoms with van der Waals surface area (Å²) in [7, 11) is 0. The highest BCUT2D eigenvalue weighted by Crippen LogP contribution is 2.38. The van der Waals surface area contributed by atoms with Crippen LogP contribution in [0.3, 0.4) is 0 Å². The molecule has 3 rings (SSSR count). The first-order valence-corrected chi connectivity index (χ1v) is 7.38. The van der Waals surface area contributed by atoms with Crippen LogP contribution in [0.15, 0.2) is 24.3 Å². The molecule has 108 valence electrons. The normalized spacial score (nSPS) is 27.8. The molecule has 1 heterocycles. The maximum Gasteiger partial charge on any atom is 0.220 e. The zero-order valence-corrected chi connectivity index (χ0v) is 11.5. The van der Waals surface area contributed by atoms with Gasteiger partial charge in [0, 0.05) is 25.0 Å². The van der Waals surface area contributed by atoms with E-state index in [4.69, 9.17) is 4.74 Å². The Kier molecular flexibility index (Phi) is 4.01. The Bertz CT molecular complexity index is 474. The molecule has 0 bridgehead atoms. The second-order valence-corrected chi connectivity index (χ2v) is 5.75. The Morgan fingerprint density at radius 2 is 2.15 bits per heavy atom. The molecule has 0 spiro atoms. The number of carbonyl (C=O) groups excluding carboxylic acids is 1. The van der Waals surface area contributed by atoms with Crippen LogP contribution in [0.5, 0.6) is 0 Å². The minimum absolute atomic E-state index is 0.127. The van der Waals surface area contributed by atoms with Crippen molar-refractivity contribution in [2.45, 2.75) is 44.2 Å². The van der Waals surface area contributed by atoms with Crippen LogP contribution in [0.1, 0.15) is 31.2 Å². The van der Waals surface area contributed by atoms with E-state index in [1.807, 2.05) is 0 Å². The highest BCUT2D eigenvalue weighted by molar-refractivity contribution is 5.76. The van der Waals surface area contributed by atoms with Crippen LogP contribution in [0.25, 0.3) is 0 Å². The number of nitrogens with one attached hydrogen (secondary N) is 1. The molecule has 1 aliphatic heterocycles. The van der Waals surface area contributed by atoms with Crippen molar-refractivity contribution in [2.24, 2.45) is 5.92 Å². The van der Waals surface area contributed by atoms with Crippen molar-refractivity contribution in [3.8, 4) is 0 Å². The molecule has 1 N–H and O–H groups in total. The lowest BCUT2D eigenvalue weighted by molar-refractivity contribution is -0.124. The Balaban J connectivity index is 1.36. The van der Waals surface area contributed by atoms with Gasteiger partial charge in [0.25, 0.3) is 0 Å². The SMILES string of the molecule is O=C(CCCc1ccc(F)cc1)N[C@@H]1C[C@H]2OCC[C@@H]12. The van der Waals surface area contributed by atoms with Crippen molar-refractivity contribution < 1.29 is 13.9 Å². The van der Waals surface area contributed by atoms with Crippen molar-refractivity contribution in [1.82, 2.24) is 5.32 Å². The monoisotopic (exact) mass is 277 g/mol. The van der Waals surface area contributed by atoms with E-state index >= 15 is 0 Å². The first kappa shape index (κ1) is 13.6. The van der Waals surface area contributed by atoms with Crippen LogP contribution in [0, 0.1) is 11.7 Å². The fourth-order valence-electron chi connectivity index (χ4n) is 3.15. The maximum absolute atomic E-state index is 12.8. The number of carbonyl (C=O) groups is 1. The quantitative estimate of drug-likeness (QED) is 0.897. The van der Waals surface area contributed by atoms with E-state index in [0.717, 1.165) is 37.9 Å². The third kappa shape index (κ3) is 3.01. The number of aryl methyl sites for hydroxylation is 1. The fraction of sp³-hybridized carbons (Fsp3) is 0.562. The summed E-state index contributed by atoms with van der Waals surface area (Å²) in [5.74, 6) is 0.448. The van der Waals surface area contributed by atoms with Crippen molar-refractivity contribution in [2.75, 3.05) is 6.61 Å². The molecule has 2 aliphatic rings. The molecule has 0 unspecified atom stereocenters. The van der Waals surface area contributed by atoms with E-state index in [0.29, 0.717) is 24.5 Å². The van der Waals surface area contributed by atoms with E-state index < -0.39 is 0 Å². The molecule has 0 radical (unpaired) electrons. The first-order valence-electron chi connectivity index (χ1n) is 7.38. The molecule has 1 aromatic carbocycles. The number of ether oxygens (including phenoxy) is 1. The van der Waals surface area contributed by atoms with E-state index in [9.17, 15) is 9.18 Å². The summed E-state index contributed by atoms with van der Waals surface area (Å²) in [5, 5.41) is 3.10. The largest absolute Gasteiger partial charge is 0.378 e. The van der Waals surface area contributed by atoms with Gasteiger partial charge in [-0.3, -0.25) is 4.79 Å². The number of hydrogen-bond acceptors (Lipinski definition) is 2. The lowest BCUT2D eigenvalue weighted by Gasteiger charge is -2.39. The maximum atomic E-state index is 12.8. The molecule has 3 nitrogen and oxygen atoms in total. The Labute approximate surface area is 118 Å². The van der Waals surface area contributed by atoms with Gasteiger partial charge in [0.1, 0.15) is 5.82 Å². The Morgan fingerprint density at radius 1 is 1.35 bits per heavy atom. The van der Waals surface area contributed by atoms with Crippen LogP contribution >= 0.6 is 0 Å². The minimum atomic E-state index is -0.218. The number of halogens is 1. The van der Waals surface area contributed by atoms with Crippen LogP contribution in [0.4, 0.5) is 4.39 Å².